The van der Waals surface area contributed by atoms with Crippen LogP contribution in [-0.4, -0.2) is 34.1 Å². The van der Waals surface area contributed by atoms with Crippen LogP contribution in [0.2, 0.25) is 0 Å². The SMILES string of the molecule is CC(C)c1ccc(NC(=O)CCCNS(=O)(=O)c2ccc3c(c2)OCCCO3)cc1. The van der Waals surface area contributed by atoms with Crippen molar-refractivity contribution in [2.45, 2.75) is 43.9 Å². The van der Waals surface area contributed by atoms with Crippen LogP contribution in [-0.2, 0) is 14.8 Å². The molecule has 0 saturated carbocycles. The molecule has 0 unspecified atom stereocenters. The predicted molar refractivity (Wildman–Crippen MR) is 116 cm³/mol. The van der Waals surface area contributed by atoms with Crippen molar-refractivity contribution in [2.24, 2.45) is 0 Å². The van der Waals surface area contributed by atoms with Crippen LogP contribution in [0.4, 0.5) is 5.69 Å². The molecule has 0 spiro atoms. The van der Waals surface area contributed by atoms with Crippen molar-refractivity contribution in [3.63, 3.8) is 0 Å². The van der Waals surface area contributed by atoms with Crippen molar-refractivity contribution in [2.75, 3.05) is 25.1 Å². The maximum absolute atomic E-state index is 12.5. The molecule has 2 aromatic carbocycles. The van der Waals surface area contributed by atoms with E-state index in [1.807, 2.05) is 24.3 Å². The molecule has 0 fully saturated rings. The van der Waals surface area contributed by atoms with Crippen LogP contribution >= 0.6 is 0 Å². The van der Waals surface area contributed by atoms with Gasteiger partial charge in [-0.15, -0.1) is 0 Å². The van der Waals surface area contributed by atoms with Gasteiger partial charge in [-0.2, -0.15) is 0 Å². The minimum atomic E-state index is -3.69. The van der Waals surface area contributed by atoms with Crippen molar-refractivity contribution in [3.05, 3.63) is 48.0 Å². The summed E-state index contributed by atoms with van der Waals surface area (Å²) in [6.45, 7) is 5.42. The van der Waals surface area contributed by atoms with E-state index in [9.17, 15) is 13.2 Å². The lowest BCUT2D eigenvalue weighted by atomic mass is 10.0. The third-order valence-corrected chi connectivity index (χ3v) is 6.22. The van der Waals surface area contributed by atoms with Crippen molar-refractivity contribution in [3.8, 4) is 11.5 Å². The molecule has 2 N–H and O–H groups in total. The molecule has 3 rings (SSSR count). The van der Waals surface area contributed by atoms with E-state index < -0.39 is 10.0 Å². The summed E-state index contributed by atoms with van der Waals surface area (Å²) in [7, 11) is -3.69. The summed E-state index contributed by atoms with van der Waals surface area (Å²) in [4.78, 5) is 12.2. The average Bonchev–Trinajstić information content (AvgIpc) is 2.96. The first-order valence-corrected chi connectivity index (χ1v) is 11.6. The number of anilines is 1. The predicted octanol–water partition coefficient (Wildman–Crippen LogP) is 3.67. The molecule has 0 bridgehead atoms. The number of hydrogen-bond acceptors (Lipinski definition) is 5. The summed E-state index contributed by atoms with van der Waals surface area (Å²) in [5.41, 5.74) is 1.94. The van der Waals surface area contributed by atoms with Gasteiger partial charge in [-0.1, -0.05) is 26.0 Å². The lowest BCUT2D eigenvalue weighted by Crippen LogP contribution is -2.25. The lowest BCUT2D eigenvalue weighted by molar-refractivity contribution is -0.116. The van der Waals surface area contributed by atoms with Gasteiger partial charge in [0.05, 0.1) is 18.1 Å². The second-order valence-corrected chi connectivity index (χ2v) is 9.25. The maximum atomic E-state index is 12.5. The topological polar surface area (TPSA) is 93.7 Å². The van der Waals surface area contributed by atoms with Crippen molar-refractivity contribution in [1.82, 2.24) is 4.72 Å². The van der Waals surface area contributed by atoms with E-state index in [1.165, 1.54) is 17.7 Å². The van der Waals surface area contributed by atoms with E-state index >= 15 is 0 Å². The molecule has 7 nitrogen and oxygen atoms in total. The fourth-order valence-electron chi connectivity index (χ4n) is 3.02. The number of sulfonamides is 1. The third-order valence-electron chi connectivity index (χ3n) is 4.76. The van der Waals surface area contributed by atoms with Crippen LogP contribution in [0.25, 0.3) is 0 Å². The fourth-order valence-corrected chi connectivity index (χ4v) is 4.11. The number of rotatable bonds is 8. The largest absolute Gasteiger partial charge is 0.490 e. The minimum Gasteiger partial charge on any atom is -0.490 e. The molecule has 1 aliphatic heterocycles. The maximum Gasteiger partial charge on any atom is 0.240 e. The number of amides is 1. The van der Waals surface area contributed by atoms with Crippen LogP contribution in [0, 0.1) is 0 Å². The molecule has 162 valence electrons. The lowest BCUT2D eigenvalue weighted by Gasteiger charge is -2.11. The molecule has 1 aliphatic rings. The smallest absolute Gasteiger partial charge is 0.240 e. The second kappa shape index (κ2) is 9.95. The highest BCUT2D eigenvalue weighted by molar-refractivity contribution is 7.89. The molecule has 0 radical (unpaired) electrons. The van der Waals surface area contributed by atoms with Gasteiger partial charge >= 0.3 is 0 Å². The van der Waals surface area contributed by atoms with Crippen LogP contribution in [0.3, 0.4) is 0 Å². The van der Waals surface area contributed by atoms with Gasteiger partial charge in [-0.05, 0) is 42.2 Å². The third kappa shape index (κ3) is 5.96. The second-order valence-electron chi connectivity index (χ2n) is 7.49. The zero-order chi connectivity index (χ0) is 21.6. The van der Waals surface area contributed by atoms with Gasteiger partial charge in [0.25, 0.3) is 0 Å². The molecule has 0 aliphatic carbocycles. The highest BCUT2D eigenvalue weighted by Crippen LogP contribution is 2.31. The Bertz CT molecular complexity index is 972. The van der Waals surface area contributed by atoms with E-state index in [1.54, 1.807) is 6.07 Å². The summed E-state index contributed by atoms with van der Waals surface area (Å²) in [6.07, 6.45) is 1.36. The van der Waals surface area contributed by atoms with E-state index in [0.29, 0.717) is 37.1 Å². The minimum absolute atomic E-state index is 0.112. The number of carbonyl (C=O) groups is 1. The zero-order valence-corrected chi connectivity index (χ0v) is 18.1. The molecule has 8 heteroatoms. The molecule has 30 heavy (non-hydrogen) atoms. The number of ether oxygens (including phenoxy) is 2. The highest BCUT2D eigenvalue weighted by atomic mass is 32.2. The van der Waals surface area contributed by atoms with E-state index in [2.05, 4.69) is 23.9 Å². The van der Waals surface area contributed by atoms with Gasteiger partial charge in [0.2, 0.25) is 15.9 Å². The molecule has 2 aromatic rings. The van der Waals surface area contributed by atoms with Crippen molar-refractivity contribution >= 4 is 21.6 Å². The average molecular weight is 433 g/mol. The number of fused-ring (bicyclic) bond motifs is 1. The Kier molecular flexibility index (Phi) is 7.33. The van der Waals surface area contributed by atoms with Gasteiger partial charge in [0.1, 0.15) is 0 Å². The Morgan fingerprint density at radius 3 is 2.43 bits per heavy atom. The standard InChI is InChI=1S/C22H28N2O5S/c1-16(2)17-6-8-18(9-7-17)24-22(25)5-3-12-23-30(26,27)19-10-11-20-21(15-19)29-14-4-13-28-20/h6-11,15-16,23H,3-5,12-14H2,1-2H3,(H,24,25). The van der Waals surface area contributed by atoms with Crippen LogP contribution in [0.5, 0.6) is 11.5 Å². The number of carbonyl (C=O) groups excluding carboxylic acids is 1. The summed E-state index contributed by atoms with van der Waals surface area (Å²) in [5, 5.41) is 2.83. The molecular formula is C22H28N2O5S. The Morgan fingerprint density at radius 2 is 1.73 bits per heavy atom. The summed E-state index contributed by atoms with van der Waals surface area (Å²) in [6, 6.07) is 12.3. The Hall–Kier alpha value is -2.58. The number of hydrogen-bond donors (Lipinski definition) is 2. The summed E-state index contributed by atoms with van der Waals surface area (Å²) < 4.78 is 38.6. The quantitative estimate of drug-likeness (QED) is 0.621. The summed E-state index contributed by atoms with van der Waals surface area (Å²) in [5.74, 6) is 1.26. The first kappa shape index (κ1) is 22.1. The normalized spacial score (nSPS) is 13.7. The van der Waals surface area contributed by atoms with Gasteiger partial charge in [-0.3, -0.25) is 4.79 Å². The van der Waals surface area contributed by atoms with Crippen LogP contribution in [0.1, 0.15) is 44.6 Å². The monoisotopic (exact) mass is 432 g/mol. The molecule has 1 amide bonds. The Morgan fingerprint density at radius 1 is 1.03 bits per heavy atom. The Labute approximate surface area is 177 Å². The van der Waals surface area contributed by atoms with Crippen molar-refractivity contribution < 1.29 is 22.7 Å². The Balaban J connectivity index is 1.47. The van der Waals surface area contributed by atoms with Crippen molar-refractivity contribution in [1.29, 1.82) is 0 Å². The van der Waals surface area contributed by atoms with Crippen LogP contribution < -0.4 is 19.5 Å². The number of benzene rings is 2. The van der Waals surface area contributed by atoms with Crippen LogP contribution in [0.15, 0.2) is 47.4 Å². The van der Waals surface area contributed by atoms with E-state index in [-0.39, 0.29) is 23.8 Å². The first-order chi connectivity index (χ1) is 14.3. The summed E-state index contributed by atoms with van der Waals surface area (Å²) >= 11 is 0. The molecular weight excluding hydrogens is 404 g/mol. The molecule has 1 heterocycles. The highest BCUT2D eigenvalue weighted by Gasteiger charge is 2.18. The van der Waals surface area contributed by atoms with E-state index in [4.69, 9.17) is 9.47 Å². The van der Waals surface area contributed by atoms with Gasteiger partial charge in [-0.25, -0.2) is 13.1 Å². The van der Waals surface area contributed by atoms with E-state index in [0.717, 1.165) is 12.1 Å². The van der Waals surface area contributed by atoms with Gasteiger partial charge < -0.3 is 14.8 Å². The molecule has 0 aromatic heterocycles. The molecule has 0 saturated heterocycles. The molecule has 0 atom stereocenters. The number of nitrogens with one attached hydrogen (secondary N) is 2. The first-order valence-electron chi connectivity index (χ1n) is 10.1. The van der Waals surface area contributed by atoms with Gasteiger partial charge in [0.15, 0.2) is 11.5 Å². The zero-order valence-electron chi connectivity index (χ0n) is 17.3. The fraction of sp³-hybridized carbons (Fsp3) is 0.409. The van der Waals surface area contributed by atoms with Gasteiger partial charge in [0, 0.05) is 31.1 Å².